The number of imide groups is 1. The van der Waals surface area contributed by atoms with Crippen molar-refractivity contribution in [1.82, 2.24) is 9.47 Å². The van der Waals surface area contributed by atoms with Gasteiger partial charge in [-0.2, -0.15) is 0 Å². The second-order valence-corrected chi connectivity index (χ2v) is 8.99. The van der Waals surface area contributed by atoms with Gasteiger partial charge in [-0.1, -0.05) is 11.6 Å². The Morgan fingerprint density at radius 3 is 2.63 bits per heavy atom. The van der Waals surface area contributed by atoms with Crippen LogP contribution in [0.15, 0.2) is 33.6 Å². The first-order valence-corrected chi connectivity index (χ1v) is 11.2. The lowest BCUT2D eigenvalue weighted by molar-refractivity contribution is -0.150. The molecule has 2 aromatic rings. The third-order valence-corrected chi connectivity index (χ3v) is 6.87. The van der Waals surface area contributed by atoms with E-state index in [0.29, 0.717) is 5.02 Å². The highest BCUT2D eigenvalue weighted by atomic mass is 79.9. The standard InChI is InChI=1S/C21H20BrClN2O4S/c1-5-29-20(27)13(4)25-19(26)18(30-21(25)28)9-14-8-11(2)24(12(14)3)15-6-7-16(22)17(23)10-15/h6-10,13H,5H2,1-4H3/b18-9+/t13-/m0/s1. The molecule has 1 aromatic heterocycles. The molecule has 2 heterocycles. The van der Waals surface area contributed by atoms with Gasteiger partial charge in [0, 0.05) is 21.5 Å². The molecule has 30 heavy (non-hydrogen) atoms. The molecule has 158 valence electrons. The minimum Gasteiger partial charge on any atom is -0.464 e. The number of aryl methyl sites for hydroxylation is 1. The average Bonchev–Trinajstić information content (AvgIpc) is 3.12. The average molecular weight is 512 g/mol. The lowest BCUT2D eigenvalue weighted by Gasteiger charge is -2.19. The Labute approximate surface area is 192 Å². The first kappa shape index (κ1) is 22.7. The van der Waals surface area contributed by atoms with Gasteiger partial charge in [-0.15, -0.1) is 0 Å². The predicted molar refractivity (Wildman–Crippen MR) is 122 cm³/mol. The van der Waals surface area contributed by atoms with Gasteiger partial charge in [0.15, 0.2) is 0 Å². The first-order valence-electron chi connectivity index (χ1n) is 9.23. The molecule has 1 aliphatic heterocycles. The van der Waals surface area contributed by atoms with Gasteiger partial charge < -0.3 is 9.30 Å². The van der Waals surface area contributed by atoms with E-state index in [-0.39, 0.29) is 11.5 Å². The SMILES string of the molecule is CCOC(=O)[C@H](C)N1C(=O)S/C(=C/c2cc(C)n(-c3ccc(Br)c(Cl)c3)c2C)C1=O. The van der Waals surface area contributed by atoms with E-state index >= 15 is 0 Å². The van der Waals surface area contributed by atoms with Crippen molar-refractivity contribution in [3.63, 3.8) is 0 Å². The number of ether oxygens (including phenoxy) is 1. The van der Waals surface area contributed by atoms with Crippen LogP contribution in [0.25, 0.3) is 11.8 Å². The molecule has 1 atom stereocenters. The number of hydrogen-bond donors (Lipinski definition) is 0. The molecule has 0 spiro atoms. The molecular formula is C21H20BrClN2O4S. The zero-order chi connectivity index (χ0) is 22.2. The zero-order valence-electron chi connectivity index (χ0n) is 16.9. The second kappa shape index (κ2) is 8.99. The smallest absolute Gasteiger partial charge is 0.329 e. The van der Waals surface area contributed by atoms with Gasteiger partial charge in [-0.05, 0) is 91.3 Å². The minimum atomic E-state index is -0.972. The summed E-state index contributed by atoms with van der Waals surface area (Å²) in [6.07, 6.45) is 1.68. The van der Waals surface area contributed by atoms with Gasteiger partial charge in [0.25, 0.3) is 11.1 Å². The van der Waals surface area contributed by atoms with Crippen LogP contribution >= 0.6 is 39.3 Å². The van der Waals surface area contributed by atoms with Crippen LogP contribution in [0, 0.1) is 13.8 Å². The fourth-order valence-corrected chi connectivity index (χ4v) is 4.60. The van der Waals surface area contributed by atoms with Gasteiger partial charge in [-0.25, -0.2) is 4.79 Å². The zero-order valence-corrected chi connectivity index (χ0v) is 20.0. The summed E-state index contributed by atoms with van der Waals surface area (Å²) in [6.45, 7) is 7.23. The number of aromatic nitrogens is 1. The summed E-state index contributed by atoms with van der Waals surface area (Å²) in [4.78, 5) is 38.4. The van der Waals surface area contributed by atoms with Crippen molar-refractivity contribution in [3.05, 3.63) is 55.6 Å². The van der Waals surface area contributed by atoms with E-state index in [1.165, 1.54) is 6.92 Å². The predicted octanol–water partition coefficient (Wildman–Crippen LogP) is 5.50. The van der Waals surface area contributed by atoms with Crippen molar-refractivity contribution in [2.45, 2.75) is 33.7 Å². The Morgan fingerprint density at radius 1 is 1.30 bits per heavy atom. The van der Waals surface area contributed by atoms with Crippen LogP contribution in [0.5, 0.6) is 0 Å². The third kappa shape index (κ3) is 4.22. The quantitative estimate of drug-likeness (QED) is 0.392. The lowest BCUT2D eigenvalue weighted by Crippen LogP contribution is -2.42. The highest BCUT2D eigenvalue weighted by molar-refractivity contribution is 9.10. The number of nitrogens with zero attached hydrogens (tertiary/aromatic N) is 2. The summed E-state index contributed by atoms with van der Waals surface area (Å²) in [5.74, 6) is -1.10. The lowest BCUT2D eigenvalue weighted by atomic mass is 10.2. The van der Waals surface area contributed by atoms with Crippen LogP contribution in [-0.4, -0.2) is 39.2 Å². The number of rotatable bonds is 5. The molecule has 1 saturated heterocycles. The van der Waals surface area contributed by atoms with E-state index < -0.39 is 23.2 Å². The number of amides is 2. The molecule has 0 aliphatic carbocycles. The molecule has 1 aromatic carbocycles. The maximum atomic E-state index is 12.8. The van der Waals surface area contributed by atoms with E-state index in [9.17, 15) is 14.4 Å². The summed E-state index contributed by atoms with van der Waals surface area (Å²) in [5.41, 5.74) is 3.55. The first-order chi connectivity index (χ1) is 14.1. The minimum absolute atomic E-state index is 0.182. The van der Waals surface area contributed by atoms with E-state index in [0.717, 1.165) is 43.8 Å². The molecule has 6 nitrogen and oxygen atoms in total. The normalized spacial score (nSPS) is 16.5. The van der Waals surface area contributed by atoms with Crippen molar-refractivity contribution < 1.29 is 19.1 Å². The largest absolute Gasteiger partial charge is 0.464 e. The van der Waals surface area contributed by atoms with E-state index in [4.69, 9.17) is 16.3 Å². The molecule has 9 heteroatoms. The van der Waals surface area contributed by atoms with Crippen molar-refractivity contribution in [2.24, 2.45) is 0 Å². The number of esters is 1. The van der Waals surface area contributed by atoms with Gasteiger partial charge in [0.05, 0.1) is 16.5 Å². The van der Waals surface area contributed by atoms with Crippen molar-refractivity contribution in [2.75, 3.05) is 6.61 Å². The van der Waals surface area contributed by atoms with Crippen LogP contribution in [0.2, 0.25) is 5.02 Å². The number of thioether (sulfide) groups is 1. The summed E-state index contributed by atoms with van der Waals surface area (Å²) in [7, 11) is 0. The molecule has 0 saturated carbocycles. The molecule has 1 aliphatic rings. The molecule has 2 amide bonds. The van der Waals surface area contributed by atoms with Gasteiger partial charge in [-0.3, -0.25) is 14.5 Å². The molecule has 0 N–H and O–H groups in total. The Balaban J connectivity index is 1.94. The van der Waals surface area contributed by atoms with E-state index in [2.05, 4.69) is 15.9 Å². The summed E-state index contributed by atoms with van der Waals surface area (Å²) in [5, 5.41) is 0.107. The van der Waals surface area contributed by atoms with Crippen LogP contribution in [0.3, 0.4) is 0 Å². The summed E-state index contributed by atoms with van der Waals surface area (Å²) < 4.78 is 7.77. The van der Waals surface area contributed by atoms with E-state index in [1.54, 1.807) is 13.0 Å². The number of halogens is 2. The molecule has 3 rings (SSSR count). The van der Waals surface area contributed by atoms with Gasteiger partial charge in [0.2, 0.25) is 0 Å². The molecule has 1 fully saturated rings. The molecular weight excluding hydrogens is 492 g/mol. The van der Waals surface area contributed by atoms with Crippen LogP contribution < -0.4 is 0 Å². The monoisotopic (exact) mass is 510 g/mol. The highest BCUT2D eigenvalue weighted by Crippen LogP contribution is 2.35. The second-order valence-electron chi connectivity index (χ2n) is 6.74. The van der Waals surface area contributed by atoms with Crippen LogP contribution in [0.1, 0.15) is 30.8 Å². The molecule has 0 unspecified atom stereocenters. The van der Waals surface area contributed by atoms with Crippen molar-refractivity contribution in [1.29, 1.82) is 0 Å². The third-order valence-electron chi connectivity index (χ3n) is 4.76. The van der Waals surface area contributed by atoms with E-state index in [1.807, 2.05) is 42.7 Å². The van der Waals surface area contributed by atoms with Gasteiger partial charge >= 0.3 is 5.97 Å². The number of hydrogen-bond acceptors (Lipinski definition) is 5. The highest BCUT2D eigenvalue weighted by Gasteiger charge is 2.41. The number of carbonyl (C=O) groups is 3. The fraction of sp³-hybridized carbons (Fsp3) is 0.286. The van der Waals surface area contributed by atoms with Gasteiger partial charge in [0.1, 0.15) is 6.04 Å². The fourth-order valence-electron chi connectivity index (χ4n) is 3.28. The maximum absolute atomic E-state index is 12.8. The van der Waals surface area contributed by atoms with Crippen LogP contribution in [-0.2, 0) is 14.3 Å². The maximum Gasteiger partial charge on any atom is 0.329 e. The number of benzene rings is 1. The molecule has 0 radical (unpaired) electrons. The Hall–Kier alpha value is -2.03. The summed E-state index contributed by atoms with van der Waals surface area (Å²) in [6, 6.07) is 6.63. The van der Waals surface area contributed by atoms with Crippen molar-refractivity contribution >= 4 is 62.5 Å². The number of carbonyl (C=O) groups excluding carboxylic acids is 3. The Kier molecular flexibility index (Phi) is 6.79. The summed E-state index contributed by atoms with van der Waals surface area (Å²) >= 11 is 10.5. The topological polar surface area (TPSA) is 68.6 Å². The Bertz CT molecular complexity index is 1080. The van der Waals surface area contributed by atoms with Crippen molar-refractivity contribution in [3.8, 4) is 5.69 Å². The van der Waals surface area contributed by atoms with Crippen LogP contribution in [0.4, 0.5) is 4.79 Å². The Morgan fingerprint density at radius 2 is 2.00 bits per heavy atom. The molecule has 0 bridgehead atoms.